The SMILES string of the molecule is CCN(CC)CCCCNCC(C)N. The highest BCUT2D eigenvalue weighted by molar-refractivity contribution is 4.58. The van der Waals surface area contributed by atoms with Crippen LogP contribution in [0.25, 0.3) is 0 Å². The third-order valence-corrected chi connectivity index (χ3v) is 2.44. The van der Waals surface area contributed by atoms with Gasteiger partial charge in [-0.2, -0.15) is 0 Å². The van der Waals surface area contributed by atoms with Gasteiger partial charge in [-0.1, -0.05) is 13.8 Å². The Morgan fingerprint density at radius 1 is 1.21 bits per heavy atom. The van der Waals surface area contributed by atoms with E-state index < -0.39 is 0 Å². The highest BCUT2D eigenvalue weighted by atomic mass is 15.1. The van der Waals surface area contributed by atoms with Gasteiger partial charge >= 0.3 is 0 Å². The molecule has 0 aliphatic carbocycles. The molecule has 0 aromatic heterocycles. The Kier molecular flexibility index (Phi) is 9.35. The van der Waals surface area contributed by atoms with Crippen LogP contribution in [-0.4, -0.2) is 43.7 Å². The van der Waals surface area contributed by atoms with Gasteiger partial charge in [0.1, 0.15) is 0 Å². The lowest BCUT2D eigenvalue weighted by Crippen LogP contribution is -2.32. The monoisotopic (exact) mass is 201 g/mol. The van der Waals surface area contributed by atoms with Crippen LogP contribution in [0, 0.1) is 0 Å². The second-order valence-electron chi connectivity index (χ2n) is 3.92. The van der Waals surface area contributed by atoms with E-state index in [0.717, 1.165) is 13.1 Å². The molecule has 0 aromatic rings. The molecule has 0 rings (SSSR count). The molecule has 0 aliphatic heterocycles. The molecule has 0 amide bonds. The van der Waals surface area contributed by atoms with Crippen LogP contribution in [0.1, 0.15) is 33.6 Å². The fraction of sp³-hybridized carbons (Fsp3) is 1.00. The minimum atomic E-state index is 0.276. The standard InChI is InChI=1S/C11H27N3/c1-4-14(5-2)9-7-6-8-13-10-11(3)12/h11,13H,4-10,12H2,1-3H3. The van der Waals surface area contributed by atoms with Crippen LogP contribution in [0.15, 0.2) is 0 Å². The smallest absolute Gasteiger partial charge is 0.0136 e. The molecule has 0 saturated carbocycles. The maximum atomic E-state index is 5.63. The Bertz CT molecular complexity index is 111. The fourth-order valence-corrected chi connectivity index (χ4v) is 1.45. The largest absolute Gasteiger partial charge is 0.327 e. The fourth-order valence-electron chi connectivity index (χ4n) is 1.45. The molecule has 86 valence electrons. The lowest BCUT2D eigenvalue weighted by atomic mass is 10.2. The van der Waals surface area contributed by atoms with Crippen LogP contribution in [0.2, 0.25) is 0 Å². The van der Waals surface area contributed by atoms with Crippen molar-refractivity contribution in [1.82, 2.24) is 10.2 Å². The van der Waals surface area contributed by atoms with Crippen LogP contribution < -0.4 is 11.1 Å². The van der Waals surface area contributed by atoms with Crippen molar-refractivity contribution in [2.45, 2.75) is 39.7 Å². The first-order chi connectivity index (χ1) is 6.70. The molecule has 0 saturated heterocycles. The topological polar surface area (TPSA) is 41.3 Å². The first-order valence-corrected chi connectivity index (χ1v) is 5.89. The van der Waals surface area contributed by atoms with Crippen LogP contribution in [0.3, 0.4) is 0 Å². The highest BCUT2D eigenvalue weighted by Gasteiger charge is 1.98. The summed E-state index contributed by atoms with van der Waals surface area (Å²) in [6, 6.07) is 0.276. The number of rotatable bonds is 9. The molecule has 3 N–H and O–H groups in total. The molecule has 0 bridgehead atoms. The zero-order valence-corrected chi connectivity index (χ0v) is 10.1. The number of hydrogen-bond donors (Lipinski definition) is 2. The Morgan fingerprint density at radius 2 is 1.86 bits per heavy atom. The van der Waals surface area contributed by atoms with Crippen molar-refractivity contribution in [2.24, 2.45) is 5.73 Å². The summed E-state index contributed by atoms with van der Waals surface area (Å²) in [5.74, 6) is 0. The summed E-state index contributed by atoms with van der Waals surface area (Å²) in [6.07, 6.45) is 2.54. The lowest BCUT2D eigenvalue weighted by Gasteiger charge is -2.17. The van der Waals surface area contributed by atoms with E-state index in [1.807, 2.05) is 6.92 Å². The molecule has 1 atom stereocenters. The highest BCUT2D eigenvalue weighted by Crippen LogP contribution is 1.93. The maximum absolute atomic E-state index is 5.63. The minimum absolute atomic E-state index is 0.276. The minimum Gasteiger partial charge on any atom is -0.327 e. The van der Waals surface area contributed by atoms with E-state index in [1.165, 1.54) is 32.5 Å². The van der Waals surface area contributed by atoms with Crippen molar-refractivity contribution in [3.05, 3.63) is 0 Å². The van der Waals surface area contributed by atoms with Crippen molar-refractivity contribution < 1.29 is 0 Å². The predicted octanol–water partition coefficient (Wildman–Crippen LogP) is 1.05. The van der Waals surface area contributed by atoms with E-state index >= 15 is 0 Å². The van der Waals surface area contributed by atoms with Crippen molar-refractivity contribution in [2.75, 3.05) is 32.7 Å². The van der Waals surface area contributed by atoms with Gasteiger partial charge in [0, 0.05) is 12.6 Å². The van der Waals surface area contributed by atoms with Crippen molar-refractivity contribution in [3.63, 3.8) is 0 Å². The van der Waals surface area contributed by atoms with E-state index in [9.17, 15) is 0 Å². The van der Waals surface area contributed by atoms with Gasteiger partial charge in [-0.25, -0.2) is 0 Å². The summed E-state index contributed by atoms with van der Waals surface area (Å²) in [6.45, 7) is 12.1. The summed E-state index contributed by atoms with van der Waals surface area (Å²) in [5, 5.41) is 3.35. The Hall–Kier alpha value is -0.120. The zero-order chi connectivity index (χ0) is 10.8. The van der Waals surface area contributed by atoms with Crippen molar-refractivity contribution >= 4 is 0 Å². The first kappa shape index (κ1) is 13.9. The molecule has 0 spiro atoms. The van der Waals surface area contributed by atoms with Gasteiger partial charge in [-0.05, 0) is 45.9 Å². The predicted molar refractivity (Wildman–Crippen MR) is 63.5 cm³/mol. The van der Waals surface area contributed by atoms with Gasteiger partial charge in [0.15, 0.2) is 0 Å². The average Bonchev–Trinajstić information content (AvgIpc) is 2.16. The molecular formula is C11H27N3. The summed E-state index contributed by atoms with van der Waals surface area (Å²) >= 11 is 0. The zero-order valence-electron chi connectivity index (χ0n) is 10.1. The number of unbranched alkanes of at least 4 members (excludes halogenated alkanes) is 1. The third kappa shape index (κ3) is 8.48. The lowest BCUT2D eigenvalue weighted by molar-refractivity contribution is 0.296. The third-order valence-electron chi connectivity index (χ3n) is 2.44. The molecule has 0 aliphatic rings. The number of nitrogens with one attached hydrogen (secondary N) is 1. The summed E-state index contributed by atoms with van der Waals surface area (Å²) in [4.78, 5) is 2.46. The molecule has 0 heterocycles. The van der Waals surface area contributed by atoms with Gasteiger partial charge < -0.3 is 16.0 Å². The van der Waals surface area contributed by atoms with Crippen LogP contribution in [0.4, 0.5) is 0 Å². The van der Waals surface area contributed by atoms with E-state index in [2.05, 4.69) is 24.1 Å². The molecule has 0 fully saturated rings. The number of hydrogen-bond acceptors (Lipinski definition) is 3. The molecule has 0 radical (unpaired) electrons. The Labute approximate surface area is 89.0 Å². The Balaban J connectivity index is 3.12. The second kappa shape index (κ2) is 9.44. The van der Waals surface area contributed by atoms with Gasteiger partial charge in [-0.3, -0.25) is 0 Å². The summed E-state index contributed by atoms with van der Waals surface area (Å²) in [5.41, 5.74) is 5.63. The van der Waals surface area contributed by atoms with Crippen LogP contribution in [0.5, 0.6) is 0 Å². The van der Waals surface area contributed by atoms with E-state index in [4.69, 9.17) is 5.73 Å². The van der Waals surface area contributed by atoms with Gasteiger partial charge in [-0.15, -0.1) is 0 Å². The normalized spacial score (nSPS) is 13.5. The average molecular weight is 201 g/mol. The van der Waals surface area contributed by atoms with Gasteiger partial charge in [0.25, 0.3) is 0 Å². The molecule has 3 nitrogen and oxygen atoms in total. The number of nitrogens with zero attached hydrogens (tertiary/aromatic N) is 1. The molecule has 1 unspecified atom stereocenters. The van der Waals surface area contributed by atoms with Gasteiger partial charge in [0.05, 0.1) is 0 Å². The number of nitrogens with two attached hydrogens (primary N) is 1. The molecule has 3 heteroatoms. The van der Waals surface area contributed by atoms with E-state index in [1.54, 1.807) is 0 Å². The molecule has 14 heavy (non-hydrogen) atoms. The maximum Gasteiger partial charge on any atom is 0.0136 e. The first-order valence-electron chi connectivity index (χ1n) is 5.89. The van der Waals surface area contributed by atoms with E-state index in [0.29, 0.717) is 0 Å². The quantitative estimate of drug-likeness (QED) is 0.548. The molecule has 0 aromatic carbocycles. The van der Waals surface area contributed by atoms with E-state index in [-0.39, 0.29) is 6.04 Å². The van der Waals surface area contributed by atoms with Crippen LogP contribution >= 0.6 is 0 Å². The second-order valence-corrected chi connectivity index (χ2v) is 3.92. The van der Waals surface area contributed by atoms with Crippen LogP contribution in [-0.2, 0) is 0 Å². The Morgan fingerprint density at radius 3 is 2.36 bits per heavy atom. The summed E-state index contributed by atoms with van der Waals surface area (Å²) < 4.78 is 0. The van der Waals surface area contributed by atoms with Crippen molar-refractivity contribution in [1.29, 1.82) is 0 Å². The molecular weight excluding hydrogens is 174 g/mol. The van der Waals surface area contributed by atoms with Gasteiger partial charge in [0.2, 0.25) is 0 Å². The summed E-state index contributed by atoms with van der Waals surface area (Å²) in [7, 11) is 0. The van der Waals surface area contributed by atoms with Crippen molar-refractivity contribution in [3.8, 4) is 0 Å².